The fourth-order valence-corrected chi connectivity index (χ4v) is 7.44. The van der Waals surface area contributed by atoms with Crippen LogP contribution in [0, 0.1) is 0 Å². The average molecular weight is 533 g/mol. The largest absolute Gasteiger partial charge is 0.313 e. The van der Waals surface area contributed by atoms with Crippen LogP contribution >= 0.6 is 0 Å². The number of piperidine rings is 1. The highest BCUT2D eigenvalue weighted by Crippen LogP contribution is 2.15. The summed E-state index contributed by atoms with van der Waals surface area (Å²) in [6, 6.07) is 2.41. The zero-order chi connectivity index (χ0) is 26.1. The number of likely N-dealkylation sites (tertiary alicyclic amines) is 3. The molecule has 6 nitrogen and oxygen atoms in total. The Morgan fingerprint density at radius 3 is 0.974 bits per heavy atom. The Kier molecular flexibility index (Phi) is 15.3. The van der Waals surface area contributed by atoms with E-state index < -0.39 is 0 Å². The van der Waals surface area contributed by atoms with E-state index in [-0.39, 0.29) is 0 Å². The van der Waals surface area contributed by atoms with Gasteiger partial charge >= 0.3 is 0 Å². The van der Waals surface area contributed by atoms with Crippen molar-refractivity contribution >= 4 is 0 Å². The van der Waals surface area contributed by atoms with E-state index in [9.17, 15) is 0 Å². The van der Waals surface area contributed by atoms with Crippen LogP contribution in [0.3, 0.4) is 0 Å². The Bertz CT molecular complexity index is 514. The van der Waals surface area contributed by atoms with Crippen molar-refractivity contribution in [3.63, 3.8) is 0 Å². The molecule has 6 fully saturated rings. The first kappa shape index (κ1) is 30.7. The summed E-state index contributed by atoms with van der Waals surface area (Å²) in [7, 11) is 0. The number of nitrogens with zero attached hydrogens (tertiary/aromatic N) is 3. The molecule has 3 N–H and O–H groups in total. The van der Waals surface area contributed by atoms with Gasteiger partial charge in [-0.15, -0.1) is 0 Å². The maximum Gasteiger partial charge on any atom is 0.0195 e. The Morgan fingerprint density at radius 2 is 0.658 bits per heavy atom. The van der Waals surface area contributed by atoms with E-state index in [1.54, 1.807) is 0 Å². The summed E-state index contributed by atoms with van der Waals surface area (Å²) in [5, 5.41) is 10.8. The van der Waals surface area contributed by atoms with Gasteiger partial charge in [-0.05, 0) is 136 Å². The van der Waals surface area contributed by atoms with Crippen LogP contribution < -0.4 is 16.0 Å². The van der Waals surface area contributed by atoms with E-state index in [1.165, 1.54) is 188 Å². The van der Waals surface area contributed by atoms with Gasteiger partial charge in [0.05, 0.1) is 0 Å². The van der Waals surface area contributed by atoms with Crippen molar-refractivity contribution in [2.45, 2.75) is 127 Å². The van der Waals surface area contributed by atoms with Gasteiger partial charge in [0.2, 0.25) is 0 Å². The first-order valence-corrected chi connectivity index (χ1v) is 17.2. The topological polar surface area (TPSA) is 45.8 Å². The third-order valence-electron chi connectivity index (χ3n) is 9.77. The van der Waals surface area contributed by atoms with Gasteiger partial charge in [0.1, 0.15) is 0 Å². The number of hydrogen-bond donors (Lipinski definition) is 3. The molecule has 0 spiro atoms. The van der Waals surface area contributed by atoms with E-state index >= 15 is 0 Å². The van der Waals surface area contributed by atoms with Crippen molar-refractivity contribution in [3.8, 4) is 0 Å². The maximum absolute atomic E-state index is 3.60. The minimum atomic E-state index is 0.803. The summed E-state index contributed by atoms with van der Waals surface area (Å²) < 4.78 is 0. The number of hydrogen-bond acceptors (Lipinski definition) is 6. The van der Waals surface area contributed by atoms with Crippen LogP contribution in [0.25, 0.3) is 0 Å². The Balaban J connectivity index is 0.000000133. The lowest BCUT2D eigenvalue weighted by Crippen LogP contribution is -2.42. The van der Waals surface area contributed by atoms with Crippen LogP contribution in [-0.4, -0.2) is 111 Å². The third kappa shape index (κ3) is 12.5. The molecule has 6 heterocycles. The fourth-order valence-electron chi connectivity index (χ4n) is 7.44. The summed E-state index contributed by atoms with van der Waals surface area (Å²) in [4.78, 5) is 7.94. The minimum Gasteiger partial charge on any atom is -0.313 e. The summed E-state index contributed by atoms with van der Waals surface area (Å²) in [6.45, 7) is 15.7. The normalized spacial score (nSPS) is 32.1. The monoisotopic (exact) mass is 533 g/mol. The average Bonchev–Trinajstić information content (AvgIpc) is 3.68. The molecule has 3 atom stereocenters. The van der Waals surface area contributed by atoms with Crippen LogP contribution in [0.4, 0.5) is 0 Å². The molecule has 0 aromatic heterocycles. The highest BCUT2D eigenvalue weighted by molar-refractivity contribution is 4.80. The van der Waals surface area contributed by atoms with Crippen molar-refractivity contribution in [2.75, 3.05) is 78.5 Å². The summed E-state index contributed by atoms with van der Waals surface area (Å²) in [5.74, 6) is 0. The second-order valence-corrected chi connectivity index (χ2v) is 13.2. The third-order valence-corrected chi connectivity index (χ3v) is 9.77. The molecule has 0 amide bonds. The number of nitrogens with one attached hydrogen (secondary N) is 3. The first-order chi connectivity index (χ1) is 18.8. The molecule has 1 unspecified atom stereocenters. The number of rotatable bonds is 6. The molecule has 6 aliphatic heterocycles. The van der Waals surface area contributed by atoms with Crippen LogP contribution in [0.1, 0.15) is 109 Å². The first-order valence-electron chi connectivity index (χ1n) is 17.2. The van der Waals surface area contributed by atoms with Crippen molar-refractivity contribution < 1.29 is 0 Å². The van der Waals surface area contributed by atoms with E-state index in [0.717, 1.165) is 18.1 Å². The molecule has 6 saturated heterocycles. The molecule has 0 aliphatic carbocycles. The van der Waals surface area contributed by atoms with Crippen LogP contribution in [0.15, 0.2) is 0 Å². The van der Waals surface area contributed by atoms with Gasteiger partial charge in [-0.25, -0.2) is 0 Å². The van der Waals surface area contributed by atoms with Crippen LogP contribution in [0.5, 0.6) is 0 Å². The van der Waals surface area contributed by atoms with Gasteiger partial charge in [0.25, 0.3) is 0 Å². The Morgan fingerprint density at radius 1 is 0.342 bits per heavy atom. The van der Waals surface area contributed by atoms with Crippen molar-refractivity contribution in [3.05, 3.63) is 0 Å². The lowest BCUT2D eigenvalue weighted by molar-refractivity contribution is 0.259. The van der Waals surface area contributed by atoms with Crippen molar-refractivity contribution in [1.82, 2.24) is 30.7 Å². The predicted octanol–water partition coefficient (Wildman–Crippen LogP) is 4.45. The molecule has 6 aliphatic rings. The van der Waals surface area contributed by atoms with Gasteiger partial charge < -0.3 is 30.7 Å². The molecule has 0 aromatic carbocycles. The van der Waals surface area contributed by atoms with E-state index in [4.69, 9.17) is 0 Å². The Hall–Kier alpha value is -0.240. The standard InChI is InChI=1S/2C11H22N2.C10H20N2/c2*1-2-4-9-13(8-3-1)10-11-6-5-7-12-11;1-2-6-11-10(5-1)9-12-7-3-4-8-12/h2*11-12H,1-10H2;10-11H,1-9H2/t11-;;10-/m0.1/s1. The van der Waals surface area contributed by atoms with Gasteiger partial charge in [0.15, 0.2) is 0 Å². The zero-order valence-electron chi connectivity index (χ0n) is 25.1. The molecule has 0 aromatic rings. The van der Waals surface area contributed by atoms with E-state index in [0.29, 0.717) is 0 Å². The van der Waals surface area contributed by atoms with E-state index in [2.05, 4.69) is 30.7 Å². The van der Waals surface area contributed by atoms with Gasteiger partial charge in [0, 0.05) is 37.8 Å². The van der Waals surface area contributed by atoms with Crippen molar-refractivity contribution in [1.29, 1.82) is 0 Å². The summed E-state index contributed by atoms with van der Waals surface area (Å²) >= 11 is 0. The lowest BCUT2D eigenvalue weighted by atomic mass is 10.0. The molecule has 6 heteroatoms. The second kappa shape index (κ2) is 19.0. The van der Waals surface area contributed by atoms with Gasteiger partial charge in [-0.2, -0.15) is 0 Å². The molecule has 222 valence electrons. The fraction of sp³-hybridized carbons (Fsp3) is 1.00. The van der Waals surface area contributed by atoms with Crippen LogP contribution in [-0.2, 0) is 0 Å². The highest BCUT2D eigenvalue weighted by atomic mass is 15.2. The quantitative estimate of drug-likeness (QED) is 0.470. The van der Waals surface area contributed by atoms with Crippen LogP contribution in [0.2, 0.25) is 0 Å². The van der Waals surface area contributed by atoms with E-state index in [1.807, 2.05) is 0 Å². The molecular weight excluding hydrogens is 468 g/mol. The highest BCUT2D eigenvalue weighted by Gasteiger charge is 2.20. The Labute approximate surface area is 236 Å². The van der Waals surface area contributed by atoms with Gasteiger partial charge in [-0.1, -0.05) is 32.1 Å². The minimum absolute atomic E-state index is 0.803. The maximum atomic E-state index is 3.60. The SMILES string of the molecule is C1CCCN(CC2CCCN2)CC1.C1CCCN(C[C@@H]2CCCN2)CC1.C1CC[C@H](CN2CCCC2)NC1. The lowest BCUT2D eigenvalue weighted by Gasteiger charge is -2.27. The molecule has 6 rings (SSSR count). The second-order valence-electron chi connectivity index (χ2n) is 13.2. The summed E-state index contributed by atoms with van der Waals surface area (Å²) in [6.07, 6.45) is 24.1. The molecule has 0 bridgehead atoms. The zero-order valence-corrected chi connectivity index (χ0v) is 25.1. The molecule has 38 heavy (non-hydrogen) atoms. The summed E-state index contributed by atoms with van der Waals surface area (Å²) in [5.41, 5.74) is 0. The van der Waals surface area contributed by atoms with Crippen molar-refractivity contribution in [2.24, 2.45) is 0 Å². The molecule has 0 saturated carbocycles. The molecular formula is C32H64N6. The predicted molar refractivity (Wildman–Crippen MR) is 163 cm³/mol. The smallest absolute Gasteiger partial charge is 0.0195 e. The van der Waals surface area contributed by atoms with Gasteiger partial charge in [-0.3, -0.25) is 0 Å². The molecule has 0 radical (unpaired) electrons.